The standard InChI is InChI=1S/C41H53N5O8S/c1-2-27-22-41(27,40(50)44-55(51,52)30-15-16-30)23-36(47)35-20-29-25-46(35)39(49)31(26-10-5-6-11-26)21-37(48)45-18-17-28(24-45)53-19-9-3-4-14-34-38(54-29)43-33-13-8-7-12-32(33)42-34/h2,7-8,12-13,26-31,35H,1,3-6,9-11,14-25H2,(H,44,50)/t27-,28-,29+,31-,35-,41+/m0/s1. The minimum absolute atomic E-state index is 0.00668. The summed E-state index contributed by atoms with van der Waals surface area (Å²) in [6.45, 7) is 5.68. The van der Waals surface area contributed by atoms with E-state index in [1.165, 1.54) is 0 Å². The van der Waals surface area contributed by atoms with Crippen LogP contribution in [-0.4, -0.2) is 101 Å². The molecule has 55 heavy (non-hydrogen) atoms. The number of carbonyl (C=O) groups is 4. The second-order valence-corrected chi connectivity index (χ2v) is 18.7. The summed E-state index contributed by atoms with van der Waals surface area (Å²) in [5.41, 5.74) is 0.886. The molecule has 6 aliphatic rings. The van der Waals surface area contributed by atoms with Crippen molar-refractivity contribution in [1.82, 2.24) is 24.5 Å². The Labute approximate surface area is 323 Å². The number of ketones is 1. The van der Waals surface area contributed by atoms with Gasteiger partial charge in [0, 0.05) is 44.9 Å². The van der Waals surface area contributed by atoms with E-state index in [0.29, 0.717) is 62.5 Å². The lowest BCUT2D eigenvalue weighted by Crippen LogP contribution is -2.48. The number of benzene rings is 1. The van der Waals surface area contributed by atoms with Crippen LogP contribution in [0.3, 0.4) is 0 Å². The molecule has 0 radical (unpaired) electrons. The van der Waals surface area contributed by atoms with E-state index in [1.54, 1.807) is 11.0 Å². The molecular weight excluding hydrogens is 723 g/mol. The van der Waals surface area contributed by atoms with Crippen LogP contribution in [-0.2, 0) is 40.4 Å². The predicted molar refractivity (Wildman–Crippen MR) is 203 cm³/mol. The van der Waals surface area contributed by atoms with Crippen molar-refractivity contribution in [2.24, 2.45) is 23.2 Å². The number of nitrogens with zero attached hydrogens (tertiary/aromatic N) is 4. The highest BCUT2D eigenvalue weighted by Gasteiger charge is 2.61. The van der Waals surface area contributed by atoms with E-state index in [-0.39, 0.29) is 61.3 Å². The van der Waals surface area contributed by atoms with Crippen LogP contribution in [0, 0.1) is 23.2 Å². The monoisotopic (exact) mass is 775 g/mol. The number of aromatic nitrogens is 2. The molecule has 4 bridgehead atoms. The molecule has 13 nitrogen and oxygen atoms in total. The molecule has 3 amide bonds. The summed E-state index contributed by atoms with van der Waals surface area (Å²) in [4.78, 5) is 70.3. The van der Waals surface area contributed by atoms with Crippen molar-refractivity contribution in [1.29, 1.82) is 0 Å². The zero-order chi connectivity index (χ0) is 38.3. The predicted octanol–water partition coefficient (Wildman–Crippen LogP) is 4.28. The Bertz CT molecular complexity index is 1950. The number of carbonyl (C=O) groups excluding carboxylic acids is 4. The maximum atomic E-state index is 14.9. The lowest BCUT2D eigenvalue weighted by Gasteiger charge is -2.32. The third kappa shape index (κ3) is 8.03. The topological polar surface area (TPSA) is 165 Å². The number of aryl methyl sites for hydroxylation is 1. The fraction of sp³-hybridized carbons (Fsp3) is 0.659. The molecule has 3 saturated carbocycles. The van der Waals surface area contributed by atoms with Crippen LogP contribution in [0.25, 0.3) is 11.0 Å². The smallest absolute Gasteiger partial charge is 0.240 e. The van der Waals surface area contributed by atoms with Crippen LogP contribution in [0.15, 0.2) is 36.9 Å². The van der Waals surface area contributed by atoms with Crippen molar-refractivity contribution in [2.45, 2.75) is 120 Å². The van der Waals surface area contributed by atoms with Crippen LogP contribution in [0.2, 0.25) is 0 Å². The van der Waals surface area contributed by atoms with Gasteiger partial charge in [0.1, 0.15) is 11.8 Å². The summed E-state index contributed by atoms with van der Waals surface area (Å²) < 4.78 is 40.7. The van der Waals surface area contributed by atoms with Gasteiger partial charge in [-0.15, -0.1) is 6.58 Å². The molecular formula is C41H53N5O8S. The van der Waals surface area contributed by atoms with Crippen molar-refractivity contribution in [3.63, 3.8) is 0 Å². The highest BCUT2D eigenvalue weighted by atomic mass is 32.2. The molecule has 0 unspecified atom stereocenters. The maximum Gasteiger partial charge on any atom is 0.240 e. The van der Waals surface area contributed by atoms with Crippen LogP contribution in [0.5, 0.6) is 5.88 Å². The normalized spacial score (nSPS) is 30.9. The summed E-state index contributed by atoms with van der Waals surface area (Å²) in [5.74, 6) is -1.93. The van der Waals surface area contributed by atoms with Crippen LogP contribution >= 0.6 is 0 Å². The summed E-state index contributed by atoms with van der Waals surface area (Å²) in [6.07, 6.45) is 9.89. The molecule has 2 aromatic rings. The first-order chi connectivity index (χ1) is 26.5. The fourth-order valence-electron chi connectivity index (χ4n) is 9.43. The molecule has 296 valence electrons. The van der Waals surface area contributed by atoms with Crippen molar-refractivity contribution in [3.8, 4) is 5.88 Å². The molecule has 3 aliphatic heterocycles. The average Bonchev–Trinajstić information content (AvgIpc) is 3.94. The second-order valence-electron chi connectivity index (χ2n) is 16.8. The lowest BCUT2D eigenvalue weighted by molar-refractivity contribution is -0.146. The number of amides is 3. The van der Waals surface area contributed by atoms with Gasteiger partial charge in [-0.05, 0) is 81.8 Å². The van der Waals surface area contributed by atoms with E-state index >= 15 is 0 Å². The van der Waals surface area contributed by atoms with E-state index < -0.39 is 44.7 Å². The molecule has 1 aromatic heterocycles. The number of ether oxygens (including phenoxy) is 2. The molecule has 0 spiro atoms. The largest absolute Gasteiger partial charge is 0.471 e. The van der Waals surface area contributed by atoms with E-state index in [0.717, 1.165) is 56.9 Å². The summed E-state index contributed by atoms with van der Waals surface area (Å²) >= 11 is 0. The van der Waals surface area contributed by atoms with Gasteiger partial charge >= 0.3 is 0 Å². The van der Waals surface area contributed by atoms with E-state index in [1.807, 2.05) is 29.2 Å². The molecule has 1 N–H and O–H groups in total. The van der Waals surface area contributed by atoms with E-state index in [2.05, 4.69) is 11.3 Å². The third-order valence-electron chi connectivity index (χ3n) is 12.9. The molecule has 5 fully saturated rings. The van der Waals surface area contributed by atoms with Gasteiger partial charge < -0.3 is 19.3 Å². The number of fused-ring (bicyclic) bond motifs is 6. The highest BCUT2D eigenvalue weighted by Crippen LogP contribution is 2.57. The van der Waals surface area contributed by atoms with E-state index in [9.17, 15) is 27.6 Å². The number of hydrogen-bond acceptors (Lipinski definition) is 10. The zero-order valence-corrected chi connectivity index (χ0v) is 32.3. The van der Waals surface area contributed by atoms with Crippen LogP contribution < -0.4 is 9.46 Å². The van der Waals surface area contributed by atoms with Gasteiger partial charge in [-0.3, -0.25) is 23.9 Å². The molecule has 3 aliphatic carbocycles. The Balaban J connectivity index is 1.11. The van der Waals surface area contributed by atoms with Crippen LogP contribution in [0.4, 0.5) is 0 Å². The Morgan fingerprint density at radius 3 is 2.45 bits per heavy atom. The Morgan fingerprint density at radius 1 is 0.964 bits per heavy atom. The number of nitrogens with one attached hydrogen (secondary N) is 1. The van der Waals surface area contributed by atoms with Gasteiger partial charge in [-0.1, -0.05) is 37.5 Å². The Morgan fingerprint density at radius 2 is 1.73 bits per heavy atom. The summed E-state index contributed by atoms with van der Waals surface area (Å²) in [6, 6.07) is 6.67. The van der Waals surface area contributed by atoms with E-state index in [4.69, 9.17) is 19.4 Å². The first-order valence-electron chi connectivity index (χ1n) is 20.4. The SMILES string of the molecule is C=C[C@H]1C[C@]1(CC(=O)[C@@H]1C[C@@H]2CN1C(=O)[C@H](C1CCCC1)CC(=O)N1CC[C@@H](C1)OCCCCCc1nc3ccccc3nc1O2)C(=O)NS(=O)(=O)C1CC1. The first kappa shape index (κ1) is 38.0. The number of Topliss-reactive ketones (excluding diaryl/α,β-unsaturated/α-hetero) is 1. The lowest BCUT2D eigenvalue weighted by atomic mass is 9.85. The highest BCUT2D eigenvalue weighted by molar-refractivity contribution is 7.90. The second kappa shape index (κ2) is 15.6. The third-order valence-corrected chi connectivity index (χ3v) is 14.8. The van der Waals surface area contributed by atoms with Crippen molar-refractivity contribution < 1.29 is 37.1 Å². The van der Waals surface area contributed by atoms with Crippen molar-refractivity contribution in [3.05, 3.63) is 42.6 Å². The number of allylic oxidation sites excluding steroid dienone is 1. The minimum atomic E-state index is -3.84. The molecule has 2 saturated heterocycles. The minimum Gasteiger partial charge on any atom is -0.471 e. The van der Waals surface area contributed by atoms with Gasteiger partial charge in [-0.25, -0.2) is 18.4 Å². The maximum absolute atomic E-state index is 14.9. The molecule has 6 atom stereocenters. The number of para-hydroxylation sites is 2. The molecule has 1 aromatic carbocycles. The Hall–Kier alpha value is -3.91. The Kier molecular flexibility index (Phi) is 10.7. The average molecular weight is 776 g/mol. The number of sulfonamides is 1. The van der Waals surface area contributed by atoms with Gasteiger partial charge in [-0.2, -0.15) is 0 Å². The molecule has 4 heterocycles. The first-order valence-corrected chi connectivity index (χ1v) is 21.9. The van der Waals surface area contributed by atoms with Gasteiger partial charge in [0.2, 0.25) is 33.6 Å². The summed E-state index contributed by atoms with van der Waals surface area (Å²) in [7, 11) is -3.84. The van der Waals surface area contributed by atoms with Crippen molar-refractivity contribution >= 4 is 44.6 Å². The van der Waals surface area contributed by atoms with Gasteiger partial charge in [0.05, 0.1) is 40.4 Å². The number of rotatable bonds is 8. The molecule has 8 rings (SSSR count). The zero-order valence-electron chi connectivity index (χ0n) is 31.5. The van der Waals surface area contributed by atoms with Crippen LogP contribution in [0.1, 0.15) is 95.6 Å². The number of hydrogen-bond donors (Lipinski definition) is 1. The quantitative estimate of drug-likeness (QED) is 0.383. The summed E-state index contributed by atoms with van der Waals surface area (Å²) in [5, 5.41) is -0.592. The van der Waals surface area contributed by atoms with Gasteiger partial charge in [0.15, 0.2) is 5.78 Å². The van der Waals surface area contributed by atoms with Crippen molar-refractivity contribution in [2.75, 3.05) is 26.2 Å². The van der Waals surface area contributed by atoms with Gasteiger partial charge in [0.25, 0.3) is 0 Å². The fourth-order valence-corrected chi connectivity index (χ4v) is 10.8. The molecule has 14 heteroatoms.